The van der Waals surface area contributed by atoms with Crippen LogP contribution in [0.25, 0.3) is 0 Å². The number of carbonyl (C=O) groups excluding carboxylic acids is 1. The molecule has 3 heteroatoms. The Labute approximate surface area is 102 Å². The van der Waals surface area contributed by atoms with Crippen molar-refractivity contribution in [3.63, 3.8) is 0 Å². The highest BCUT2D eigenvalue weighted by Crippen LogP contribution is 2.17. The van der Waals surface area contributed by atoms with Crippen molar-refractivity contribution in [1.29, 1.82) is 0 Å². The Morgan fingerprint density at radius 1 is 1.35 bits per heavy atom. The van der Waals surface area contributed by atoms with E-state index in [0.717, 1.165) is 5.69 Å². The highest BCUT2D eigenvalue weighted by atomic mass is 16.6. The first-order valence-corrected chi connectivity index (χ1v) is 5.38. The Morgan fingerprint density at radius 3 is 2.47 bits per heavy atom. The third-order valence-corrected chi connectivity index (χ3v) is 2.02. The fourth-order valence-corrected chi connectivity index (χ4v) is 1.31. The lowest BCUT2D eigenvalue weighted by Gasteiger charge is -2.19. The van der Waals surface area contributed by atoms with E-state index in [0.29, 0.717) is 11.1 Å². The number of hydrogen-bond donors (Lipinski definition) is 1. The second-order valence-electron chi connectivity index (χ2n) is 4.70. The zero-order valence-corrected chi connectivity index (χ0v) is 10.6. The van der Waals surface area contributed by atoms with Gasteiger partial charge < -0.3 is 10.1 Å². The number of benzene rings is 1. The molecule has 0 atom stereocenters. The molecule has 0 fully saturated rings. The number of anilines is 1. The molecule has 1 rings (SSSR count). The Kier molecular flexibility index (Phi) is 3.80. The van der Waals surface area contributed by atoms with Crippen molar-refractivity contribution >= 4 is 11.7 Å². The van der Waals surface area contributed by atoms with Crippen molar-refractivity contribution in [2.75, 3.05) is 12.4 Å². The molecule has 0 aromatic heterocycles. The summed E-state index contributed by atoms with van der Waals surface area (Å²) in [5, 5.41) is 2.96. The van der Waals surface area contributed by atoms with Gasteiger partial charge in [0.05, 0.1) is 5.56 Å². The predicted molar refractivity (Wildman–Crippen MR) is 69.1 cm³/mol. The zero-order valence-electron chi connectivity index (χ0n) is 10.6. The molecule has 0 aliphatic carbocycles. The van der Waals surface area contributed by atoms with E-state index < -0.39 is 5.60 Å². The lowest BCUT2D eigenvalue weighted by Crippen LogP contribution is -2.24. The molecule has 1 N–H and O–H groups in total. The van der Waals surface area contributed by atoms with Gasteiger partial charge in [-0.1, -0.05) is 5.92 Å². The van der Waals surface area contributed by atoms with Gasteiger partial charge in [0.1, 0.15) is 5.60 Å². The summed E-state index contributed by atoms with van der Waals surface area (Å²) in [6.45, 7) is 5.48. The molecule has 0 heterocycles. The largest absolute Gasteiger partial charge is 0.456 e. The fourth-order valence-electron chi connectivity index (χ4n) is 1.31. The summed E-state index contributed by atoms with van der Waals surface area (Å²) >= 11 is 0. The van der Waals surface area contributed by atoms with E-state index in [1.165, 1.54) is 0 Å². The lowest BCUT2D eigenvalue weighted by molar-refractivity contribution is 0.00695. The van der Waals surface area contributed by atoms with Crippen molar-refractivity contribution < 1.29 is 9.53 Å². The van der Waals surface area contributed by atoms with Crippen LogP contribution in [0.5, 0.6) is 0 Å². The summed E-state index contributed by atoms with van der Waals surface area (Å²) in [7, 11) is 1.77. The number of rotatable bonds is 2. The molecule has 0 spiro atoms. The molecule has 0 bridgehead atoms. The maximum absolute atomic E-state index is 11.9. The molecule has 17 heavy (non-hydrogen) atoms. The molecule has 0 amide bonds. The Balaban J connectivity index is 3.06. The van der Waals surface area contributed by atoms with Gasteiger partial charge in [0, 0.05) is 18.3 Å². The van der Waals surface area contributed by atoms with Crippen LogP contribution in [0.2, 0.25) is 0 Å². The van der Waals surface area contributed by atoms with Gasteiger partial charge in [-0.2, -0.15) is 0 Å². The van der Waals surface area contributed by atoms with Crippen LogP contribution in [0.4, 0.5) is 5.69 Å². The first-order chi connectivity index (χ1) is 7.85. The molecule has 90 valence electrons. The summed E-state index contributed by atoms with van der Waals surface area (Å²) in [5.41, 5.74) is 1.39. The summed E-state index contributed by atoms with van der Waals surface area (Å²) < 4.78 is 5.29. The van der Waals surface area contributed by atoms with Crippen molar-refractivity contribution in [2.24, 2.45) is 0 Å². The molecule has 0 saturated heterocycles. The molecule has 0 radical (unpaired) electrons. The standard InChI is InChI=1S/C14H17NO2/c1-6-10-7-11(9-12(8-10)15-5)13(16)17-14(2,3)4/h1,7-9,15H,2-5H3. The average Bonchev–Trinajstić information content (AvgIpc) is 2.26. The minimum Gasteiger partial charge on any atom is -0.456 e. The van der Waals surface area contributed by atoms with Gasteiger partial charge in [-0.25, -0.2) is 4.79 Å². The highest BCUT2D eigenvalue weighted by molar-refractivity contribution is 5.91. The van der Waals surface area contributed by atoms with E-state index in [-0.39, 0.29) is 5.97 Å². The van der Waals surface area contributed by atoms with Crippen molar-refractivity contribution in [3.8, 4) is 12.3 Å². The van der Waals surface area contributed by atoms with E-state index >= 15 is 0 Å². The molecule has 0 unspecified atom stereocenters. The minimum absolute atomic E-state index is 0.369. The van der Waals surface area contributed by atoms with Gasteiger partial charge >= 0.3 is 5.97 Å². The van der Waals surface area contributed by atoms with Crippen LogP contribution in [0.15, 0.2) is 18.2 Å². The van der Waals surface area contributed by atoms with E-state index in [1.54, 1.807) is 25.2 Å². The van der Waals surface area contributed by atoms with Gasteiger partial charge in [-0.15, -0.1) is 6.42 Å². The smallest absolute Gasteiger partial charge is 0.338 e. The van der Waals surface area contributed by atoms with Crippen LogP contribution in [-0.2, 0) is 4.74 Å². The summed E-state index contributed by atoms with van der Waals surface area (Å²) in [6.07, 6.45) is 5.34. The van der Waals surface area contributed by atoms with Gasteiger partial charge in [-0.05, 0) is 39.0 Å². The highest BCUT2D eigenvalue weighted by Gasteiger charge is 2.18. The number of nitrogens with one attached hydrogen (secondary N) is 1. The molecular formula is C14H17NO2. The first kappa shape index (κ1) is 13.1. The van der Waals surface area contributed by atoms with Crippen LogP contribution in [-0.4, -0.2) is 18.6 Å². The molecule has 1 aromatic rings. The molecule has 0 aliphatic heterocycles. The zero-order chi connectivity index (χ0) is 13.1. The Bertz CT molecular complexity index is 464. The van der Waals surface area contributed by atoms with Crippen molar-refractivity contribution in [1.82, 2.24) is 0 Å². The second-order valence-corrected chi connectivity index (χ2v) is 4.70. The lowest BCUT2D eigenvalue weighted by atomic mass is 10.1. The molecule has 1 aromatic carbocycles. The minimum atomic E-state index is -0.511. The van der Waals surface area contributed by atoms with Crippen LogP contribution in [0, 0.1) is 12.3 Å². The van der Waals surface area contributed by atoms with Crippen LogP contribution < -0.4 is 5.32 Å². The van der Waals surface area contributed by atoms with Gasteiger partial charge in [-0.3, -0.25) is 0 Å². The average molecular weight is 231 g/mol. The van der Waals surface area contributed by atoms with Crippen molar-refractivity contribution in [3.05, 3.63) is 29.3 Å². The van der Waals surface area contributed by atoms with Gasteiger partial charge in [0.2, 0.25) is 0 Å². The van der Waals surface area contributed by atoms with E-state index in [2.05, 4.69) is 11.2 Å². The molecule has 0 aliphatic rings. The van der Waals surface area contributed by atoms with Gasteiger partial charge in [0.25, 0.3) is 0 Å². The molecule has 0 saturated carbocycles. The first-order valence-electron chi connectivity index (χ1n) is 5.38. The number of hydrogen-bond acceptors (Lipinski definition) is 3. The van der Waals surface area contributed by atoms with E-state index in [4.69, 9.17) is 11.2 Å². The van der Waals surface area contributed by atoms with Crippen LogP contribution >= 0.6 is 0 Å². The third kappa shape index (κ3) is 3.84. The maximum atomic E-state index is 11.9. The number of ether oxygens (including phenoxy) is 1. The fraction of sp³-hybridized carbons (Fsp3) is 0.357. The Morgan fingerprint density at radius 2 is 2.00 bits per heavy atom. The number of terminal acetylenes is 1. The normalized spacial score (nSPS) is 10.5. The predicted octanol–water partition coefficient (Wildman–Crippen LogP) is 2.66. The maximum Gasteiger partial charge on any atom is 0.338 e. The topological polar surface area (TPSA) is 38.3 Å². The molecular weight excluding hydrogens is 214 g/mol. The number of carbonyl (C=O) groups is 1. The monoisotopic (exact) mass is 231 g/mol. The SMILES string of the molecule is C#Cc1cc(NC)cc(C(=O)OC(C)(C)C)c1. The quantitative estimate of drug-likeness (QED) is 0.628. The third-order valence-electron chi connectivity index (χ3n) is 2.02. The number of esters is 1. The summed E-state index contributed by atoms with van der Waals surface area (Å²) in [5.74, 6) is 2.14. The summed E-state index contributed by atoms with van der Waals surface area (Å²) in [4.78, 5) is 11.9. The summed E-state index contributed by atoms with van der Waals surface area (Å²) in [6, 6.07) is 5.16. The van der Waals surface area contributed by atoms with Crippen LogP contribution in [0.3, 0.4) is 0 Å². The van der Waals surface area contributed by atoms with Crippen LogP contribution in [0.1, 0.15) is 36.7 Å². The molecule has 3 nitrogen and oxygen atoms in total. The second kappa shape index (κ2) is 4.92. The Hall–Kier alpha value is -1.95. The van der Waals surface area contributed by atoms with Crippen molar-refractivity contribution in [2.45, 2.75) is 26.4 Å². The van der Waals surface area contributed by atoms with E-state index in [1.807, 2.05) is 20.8 Å². The van der Waals surface area contributed by atoms with E-state index in [9.17, 15) is 4.79 Å². The van der Waals surface area contributed by atoms with Gasteiger partial charge in [0.15, 0.2) is 0 Å².